The molecule has 0 bridgehead atoms. The Kier molecular flexibility index (Phi) is 8.61. The van der Waals surface area contributed by atoms with Gasteiger partial charge in [-0.2, -0.15) is 5.10 Å². The van der Waals surface area contributed by atoms with E-state index in [1.165, 1.54) is 31.2 Å². The van der Waals surface area contributed by atoms with Gasteiger partial charge in [0.25, 0.3) is 0 Å². The lowest BCUT2D eigenvalue weighted by Crippen LogP contribution is -2.36. The Bertz CT molecular complexity index is 688. The van der Waals surface area contributed by atoms with Gasteiger partial charge in [0.2, 0.25) is 0 Å². The van der Waals surface area contributed by atoms with Gasteiger partial charge in [-0.3, -0.25) is 5.10 Å². The van der Waals surface area contributed by atoms with E-state index < -0.39 is 6.10 Å². The fourth-order valence-corrected chi connectivity index (χ4v) is 3.75. The number of H-pyrrole nitrogens is 1. The van der Waals surface area contributed by atoms with E-state index in [0.717, 1.165) is 37.4 Å². The summed E-state index contributed by atoms with van der Waals surface area (Å²) in [5.74, 6) is 0.773. The number of halogens is 1. The highest BCUT2D eigenvalue weighted by atomic mass is 35.5. The molecule has 28 heavy (non-hydrogen) atoms. The van der Waals surface area contributed by atoms with E-state index in [4.69, 9.17) is 16.3 Å². The van der Waals surface area contributed by atoms with Crippen LogP contribution in [0, 0.1) is 0 Å². The summed E-state index contributed by atoms with van der Waals surface area (Å²) >= 11 is 6.17. The smallest absolute Gasteiger partial charge is 0.124 e. The zero-order chi connectivity index (χ0) is 19.6. The molecule has 2 aromatic rings. The molecule has 1 fully saturated rings. The van der Waals surface area contributed by atoms with Crippen molar-refractivity contribution in [1.29, 1.82) is 0 Å². The van der Waals surface area contributed by atoms with Gasteiger partial charge in [-0.1, -0.05) is 24.4 Å². The van der Waals surface area contributed by atoms with Crippen LogP contribution in [0.15, 0.2) is 30.6 Å². The number of likely N-dealkylation sites (tertiary alicyclic amines) is 1. The van der Waals surface area contributed by atoms with Crippen LogP contribution >= 0.6 is 11.6 Å². The van der Waals surface area contributed by atoms with Crippen molar-refractivity contribution in [3.05, 3.63) is 46.7 Å². The van der Waals surface area contributed by atoms with Crippen LogP contribution in [0.1, 0.15) is 36.8 Å². The summed E-state index contributed by atoms with van der Waals surface area (Å²) < 4.78 is 5.94. The van der Waals surface area contributed by atoms with Gasteiger partial charge in [0.1, 0.15) is 18.5 Å². The molecule has 0 amide bonds. The molecule has 1 saturated heterocycles. The molecule has 0 saturated carbocycles. The molecular formula is C21H31ClN4O2. The molecule has 1 aliphatic rings. The third-order valence-electron chi connectivity index (χ3n) is 5.08. The van der Waals surface area contributed by atoms with E-state index >= 15 is 0 Å². The minimum absolute atomic E-state index is 0.292. The molecule has 3 rings (SSSR count). The summed E-state index contributed by atoms with van der Waals surface area (Å²) in [5, 5.41) is 21.3. The number of β-amino-alcohol motifs (C(OH)–C–C–N with tert-alkyl or cyclic N) is 1. The first-order chi connectivity index (χ1) is 13.7. The van der Waals surface area contributed by atoms with E-state index in [0.29, 0.717) is 24.7 Å². The maximum Gasteiger partial charge on any atom is 0.124 e. The predicted octanol–water partition coefficient (Wildman–Crippen LogP) is 3.01. The molecular weight excluding hydrogens is 376 g/mol. The van der Waals surface area contributed by atoms with E-state index in [2.05, 4.69) is 20.4 Å². The van der Waals surface area contributed by atoms with Gasteiger partial charge >= 0.3 is 0 Å². The highest BCUT2D eigenvalue weighted by Crippen LogP contribution is 2.23. The average molecular weight is 407 g/mol. The third-order valence-corrected chi connectivity index (χ3v) is 5.32. The summed E-state index contributed by atoms with van der Waals surface area (Å²) in [6, 6.07) is 5.63. The molecule has 1 aliphatic heterocycles. The highest BCUT2D eigenvalue weighted by Gasteiger charge is 2.15. The number of nitrogens with zero attached hydrogens (tertiary/aromatic N) is 2. The number of aliphatic hydroxyl groups is 1. The number of hydrogen-bond donors (Lipinski definition) is 3. The molecule has 0 unspecified atom stereocenters. The lowest BCUT2D eigenvalue weighted by Gasteiger charge is -2.23. The van der Waals surface area contributed by atoms with Crippen molar-refractivity contribution >= 4 is 11.6 Å². The van der Waals surface area contributed by atoms with Gasteiger partial charge in [-0.15, -0.1) is 0 Å². The highest BCUT2D eigenvalue weighted by molar-refractivity contribution is 6.30. The third kappa shape index (κ3) is 7.09. The molecule has 0 aliphatic carbocycles. The van der Waals surface area contributed by atoms with Gasteiger partial charge in [0, 0.05) is 29.9 Å². The molecule has 154 valence electrons. The minimum atomic E-state index is -0.490. The quantitative estimate of drug-likeness (QED) is 0.529. The van der Waals surface area contributed by atoms with Crippen molar-refractivity contribution in [3.8, 4) is 5.75 Å². The second-order valence-electron chi connectivity index (χ2n) is 7.47. The van der Waals surface area contributed by atoms with Crippen LogP contribution in [-0.4, -0.2) is 59.1 Å². The van der Waals surface area contributed by atoms with Crippen molar-refractivity contribution in [2.24, 2.45) is 0 Å². The van der Waals surface area contributed by atoms with Crippen LogP contribution in [0.5, 0.6) is 5.75 Å². The number of hydrogen-bond acceptors (Lipinski definition) is 5. The molecule has 1 aromatic carbocycles. The summed E-state index contributed by atoms with van der Waals surface area (Å²) in [6.45, 7) is 4.61. The van der Waals surface area contributed by atoms with Gasteiger partial charge in [0.15, 0.2) is 0 Å². The van der Waals surface area contributed by atoms with E-state index in [1.54, 1.807) is 0 Å². The largest absolute Gasteiger partial charge is 0.491 e. The Morgan fingerprint density at radius 1 is 1.25 bits per heavy atom. The number of rotatable bonds is 10. The number of nitrogens with one attached hydrogen (secondary N) is 2. The van der Waals surface area contributed by atoms with Crippen LogP contribution in [0.2, 0.25) is 5.02 Å². The summed E-state index contributed by atoms with van der Waals surface area (Å²) in [6.07, 6.45) is 9.19. The van der Waals surface area contributed by atoms with E-state index in [1.807, 2.05) is 30.6 Å². The lowest BCUT2D eigenvalue weighted by molar-refractivity contribution is 0.0690. The fourth-order valence-electron chi connectivity index (χ4n) is 3.55. The SMILES string of the molecule is O[C@@H](COc1ccc(Cl)cc1CNCCc1cn[nH]c1)CN1CCCCCC1. The Balaban J connectivity index is 1.45. The summed E-state index contributed by atoms with van der Waals surface area (Å²) in [7, 11) is 0. The van der Waals surface area contributed by atoms with Gasteiger partial charge in [-0.25, -0.2) is 0 Å². The first-order valence-electron chi connectivity index (χ1n) is 10.2. The number of aliphatic hydroxyl groups excluding tert-OH is 1. The zero-order valence-corrected chi connectivity index (χ0v) is 17.1. The minimum Gasteiger partial charge on any atom is -0.491 e. The standard InChI is InChI=1S/C21H31ClN4O2/c22-19-5-6-21(18(11-19)14-23-8-7-17-12-24-25-13-17)28-16-20(27)15-26-9-3-1-2-4-10-26/h5-6,11-13,20,23,27H,1-4,7-10,14-16H2,(H,24,25)/t20-/m1/s1. The van der Waals surface area contributed by atoms with Crippen molar-refractivity contribution in [2.75, 3.05) is 32.8 Å². The normalized spacial score (nSPS) is 16.6. The van der Waals surface area contributed by atoms with Crippen molar-refractivity contribution in [2.45, 2.75) is 44.8 Å². The summed E-state index contributed by atoms with van der Waals surface area (Å²) in [4.78, 5) is 2.35. The number of aromatic nitrogens is 2. The van der Waals surface area contributed by atoms with Crippen molar-refractivity contribution in [3.63, 3.8) is 0 Å². The second-order valence-corrected chi connectivity index (χ2v) is 7.90. The lowest BCUT2D eigenvalue weighted by atomic mass is 10.2. The van der Waals surface area contributed by atoms with Crippen LogP contribution in [-0.2, 0) is 13.0 Å². The predicted molar refractivity (Wildman–Crippen MR) is 112 cm³/mol. The van der Waals surface area contributed by atoms with Crippen molar-refractivity contribution < 1.29 is 9.84 Å². The topological polar surface area (TPSA) is 73.4 Å². The number of ether oxygens (including phenoxy) is 1. The van der Waals surface area contributed by atoms with Crippen LogP contribution < -0.4 is 10.1 Å². The van der Waals surface area contributed by atoms with Crippen molar-refractivity contribution in [1.82, 2.24) is 20.4 Å². The van der Waals surface area contributed by atoms with Gasteiger partial charge in [-0.05, 0) is 62.7 Å². The monoisotopic (exact) mass is 406 g/mol. The summed E-state index contributed by atoms with van der Waals surface area (Å²) in [5.41, 5.74) is 2.17. The molecule has 0 radical (unpaired) electrons. The fraction of sp³-hybridized carbons (Fsp3) is 0.571. The van der Waals surface area contributed by atoms with Crippen LogP contribution in [0.4, 0.5) is 0 Å². The maximum atomic E-state index is 10.4. The molecule has 6 nitrogen and oxygen atoms in total. The number of benzene rings is 1. The number of aromatic amines is 1. The molecule has 2 heterocycles. The maximum absolute atomic E-state index is 10.4. The van der Waals surface area contributed by atoms with Gasteiger partial charge < -0.3 is 20.1 Å². The molecule has 1 aromatic heterocycles. The molecule has 1 atom stereocenters. The molecule has 7 heteroatoms. The molecule has 3 N–H and O–H groups in total. The second kappa shape index (κ2) is 11.4. The Labute approximate surface area is 172 Å². The zero-order valence-electron chi connectivity index (χ0n) is 16.4. The van der Waals surface area contributed by atoms with Gasteiger partial charge in [0.05, 0.1) is 6.20 Å². The first kappa shape index (κ1) is 21.1. The Morgan fingerprint density at radius 2 is 2.07 bits per heavy atom. The van der Waals surface area contributed by atoms with Crippen LogP contribution in [0.3, 0.4) is 0 Å². The Hall–Kier alpha value is -1.60. The van der Waals surface area contributed by atoms with E-state index in [9.17, 15) is 5.11 Å². The first-order valence-corrected chi connectivity index (χ1v) is 10.6. The van der Waals surface area contributed by atoms with E-state index in [-0.39, 0.29) is 0 Å². The Morgan fingerprint density at radius 3 is 2.82 bits per heavy atom. The van der Waals surface area contributed by atoms with Crippen LogP contribution in [0.25, 0.3) is 0 Å². The average Bonchev–Trinajstić information content (AvgIpc) is 3.08. The molecule has 0 spiro atoms.